The van der Waals surface area contributed by atoms with Crippen LogP contribution in [0.4, 0.5) is 5.69 Å². The smallest absolute Gasteiger partial charge is 0.224 e. The zero-order valence-corrected chi connectivity index (χ0v) is 14.0. The molecular weight excluding hydrogens is 322 g/mol. The molecule has 0 bridgehead atoms. The fraction of sp³-hybridized carbons (Fsp3) is 0.167. The lowest BCUT2D eigenvalue weighted by Gasteiger charge is -2.06. The highest BCUT2D eigenvalue weighted by Gasteiger charge is 2.08. The molecule has 2 heterocycles. The van der Waals surface area contributed by atoms with E-state index >= 15 is 0 Å². The van der Waals surface area contributed by atoms with Crippen molar-refractivity contribution in [3.63, 3.8) is 0 Å². The Labute approximate surface area is 144 Å². The van der Waals surface area contributed by atoms with Crippen LogP contribution in [0, 0.1) is 0 Å². The largest absolute Gasteiger partial charge is 0.497 e. The molecular formula is C18H17N3O2S. The highest BCUT2D eigenvalue weighted by molar-refractivity contribution is 7.09. The molecule has 0 aliphatic carbocycles. The second kappa shape index (κ2) is 7.70. The van der Waals surface area contributed by atoms with Crippen LogP contribution < -0.4 is 10.1 Å². The molecule has 0 fully saturated rings. The zero-order chi connectivity index (χ0) is 16.8. The number of benzene rings is 1. The van der Waals surface area contributed by atoms with Crippen molar-refractivity contribution >= 4 is 22.9 Å². The van der Waals surface area contributed by atoms with Crippen LogP contribution in [0.15, 0.2) is 54.2 Å². The van der Waals surface area contributed by atoms with Gasteiger partial charge in [-0.1, -0.05) is 6.07 Å². The van der Waals surface area contributed by atoms with E-state index in [4.69, 9.17) is 4.74 Å². The van der Waals surface area contributed by atoms with Gasteiger partial charge in [0, 0.05) is 47.9 Å². The summed E-state index contributed by atoms with van der Waals surface area (Å²) in [5.74, 6) is 0.676. The summed E-state index contributed by atoms with van der Waals surface area (Å²) < 4.78 is 5.15. The van der Waals surface area contributed by atoms with Gasteiger partial charge in [0.25, 0.3) is 0 Å². The molecule has 5 nitrogen and oxygen atoms in total. The number of anilines is 1. The number of rotatable bonds is 6. The number of carbonyl (C=O) groups is 1. The number of amides is 1. The van der Waals surface area contributed by atoms with Crippen molar-refractivity contribution in [3.05, 3.63) is 59.2 Å². The lowest BCUT2D eigenvalue weighted by molar-refractivity contribution is -0.116. The molecule has 0 atom stereocenters. The molecule has 1 amide bonds. The Morgan fingerprint density at radius 2 is 2.21 bits per heavy atom. The van der Waals surface area contributed by atoms with Gasteiger partial charge < -0.3 is 10.1 Å². The first-order valence-electron chi connectivity index (χ1n) is 7.53. The van der Waals surface area contributed by atoms with Gasteiger partial charge in [-0.15, -0.1) is 11.3 Å². The molecule has 1 aromatic carbocycles. The van der Waals surface area contributed by atoms with E-state index in [-0.39, 0.29) is 5.91 Å². The van der Waals surface area contributed by atoms with Gasteiger partial charge in [0.2, 0.25) is 5.91 Å². The quantitative estimate of drug-likeness (QED) is 0.742. The van der Waals surface area contributed by atoms with Gasteiger partial charge in [0.05, 0.1) is 17.8 Å². The third-order valence-corrected chi connectivity index (χ3v) is 4.34. The molecule has 0 aliphatic rings. The number of hydrogen-bond donors (Lipinski definition) is 1. The van der Waals surface area contributed by atoms with Crippen molar-refractivity contribution in [2.45, 2.75) is 12.8 Å². The molecule has 0 spiro atoms. The first kappa shape index (κ1) is 16.1. The molecule has 3 rings (SSSR count). The topological polar surface area (TPSA) is 64.1 Å². The molecule has 2 aromatic heterocycles. The molecule has 0 saturated carbocycles. The Hall–Kier alpha value is -2.73. The van der Waals surface area contributed by atoms with Crippen LogP contribution >= 0.6 is 11.3 Å². The van der Waals surface area contributed by atoms with E-state index in [1.807, 2.05) is 35.7 Å². The monoisotopic (exact) mass is 339 g/mol. The van der Waals surface area contributed by atoms with Crippen molar-refractivity contribution in [2.75, 3.05) is 12.4 Å². The Balaban J connectivity index is 1.56. The number of aryl methyl sites for hydroxylation is 1. The molecule has 6 heteroatoms. The molecule has 0 saturated heterocycles. The fourth-order valence-electron chi connectivity index (χ4n) is 2.22. The minimum atomic E-state index is -0.0404. The average molecular weight is 339 g/mol. The van der Waals surface area contributed by atoms with Gasteiger partial charge in [-0.3, -0.25) is 9.78 Å². The van der Waals surface area contributed by atoms with Crippen molar-refractivity contribution in [3.8, 4) is 17.0 Å². The molecule has 122 valence electrons. The van der Waals surface area contributed by atoms with Gasteiger partial charge in [-0.2, -0.15) is 0 Å². The first-order valence-corrected chi connectivity index (χ1v) is 8.41. The normalized spacial score (nSPS) is 10.4. The fourth-order valence-corrected chi connectivity index (χ4v) is 3.02. The van der Waals surface area contributed by atoms with E-state index in [2.05, 4.69) is 15.3 Å². The maximum atomic E-state index is 12.1. The van der Waals surface area contributed by atoms with Crippen LogP contribution in [-0.2, 0) is 11.2 Å². The second-order valence-corrected chi connectivity index (χ2v) is 6.09. The van der Waals surface area contributed by atoms with Crippen LogP contribution in [0.3, 0.4) is 0 Å². The van der Waals surface area contributed by atoms with E-state index < -0.39 is 0 Å². The minimum Gasteiger partial charge on any atom is -0.497 e. The number of pyridine rings is 1. The Morgan fingerprint density at radius 3 is 3.00 bits per heavy atom. The Bertz CT molecular complexity index is 818. The van der Waals surface area contributed by atoms with Crippen molar-refractivity contribution < 1.29 is 9.53 Å². The number of nitrogens with zero attached hydrogens (tertiary/aromatic N) is 2. The summed E-state index contributed by atoms with van der Waals surface area (Å²) in [6, 6.07) is 11.2. The van der Waals surface area contributed by atoms with Crippen LogP contribution in [-0.4, -0.2) is 23.0 Å². The van der Waals surface area contributed by atoms with Gasteiger partial charge in [0.15, 0.2) is 0 Å². The van der Waals surface area contributed by atoms with Gasteiger partial charge in [0.1, 0.15) is 5.75 Å². The number of ether oxygens (including phenoxy) is 1. The number of thiazole rings is 1. The zero-order valence-electron chi connectivity index (χ0n) is 13.2. The average Bonchev–Trinajstić information content (AvgIpc) is 3.10. The van der Waals surface area contributed by atoms with Gasteiger partial charge in [-0.25, -0.2) is 4.98 Å². The third kappa shape index (κ3) is 4.17. The van der Waals surface area contributed by atoms with Crippen molar-refractivity contribution in [1.82, 2.24) is 9.97 Å². The number of carbonyl (C=O) groups excluding carboxylic acids is 1. The van der Waals surface area contributed by atoms with Gasteiger partial charge in [-0.05, 0) is 24.3 Å². The summed E-state index contributed by atoms with van der Waals surface area (Å²) >= 11 is 1.56. The van der Waals surface area contributed by atoms with Crippen molar-refractivity contribution in [2.24, 2.45) is 0 Å². The molecule has 3 aromatic rings. The highest BCUT2D eigenvalue weighted by atomic mass is 32.1. The van der Waals surface area contributed by atoms with E-state index in [1.54, 1.807) is 36.9 Å². The SMILES string of the molecule is COc1cccc(NC(=O)CCc2nc(-c3cccnc3)cs2)c1. The number of methoxy groups -OCH3 is 1. The first-order chi connectivity index (χ1) is 11.7. The highest BCUT2D eigenvalue weighted by Crippen LogP contribution is 2.22. The van der Waals surface area contributed by atoms with E-state index in [0.29, 0.717) is 18.6 Å². The number of hydrogen-bond acceptors (Lipinski definition) is 5. The maximum absolute atomic E-state index is 12.1. The van der Waals surface area contributed by atoms with Crippen LogP contribution in [0.1, 0.15) is 11.4 Å². The molecule has 1 N–H and O–H groups in total. The second-order valence-electron chi connectivity index (χ2n) is 5.15. The summed E-state index contributed by atoms with van der Waals surface area (Å²) in [5.41, 5.74) is 2.62. The third-order valence-electron chi connectivity index (χ3n) is 3.43. The predicted octanol–water partition coefficient (Wildman–Crippen LogP) is 3.79. The lowest BCUT2D eigenvalue weighted by Crippen LogP contribution is -2.12. The van der Waals surface area contributed by atoms with Crippen LogP contribution in [0.2, 0.25) is 0 Å². The summed E-state index contributed by atoms with van der Waals surface area (Å²) in [6.07, 6.45) is 4.52. The Morgan fingerprint density at radius 1 is 1.29 bits per heavy atom. The predicted molar refractivity (Wildman–Crippen MR) is 95.3 cm³/mol. The lowest BCUT2D eigenvalue weighted by atomic mass is 10.2. The van der Waals surface area contributed by atoms with E-state index in [1.165, 1.54) is 0 Å². The molecule has 0 unspecified atom stereocenters. The number of aromatic nitrogens is 2. The summed E-state index contributed by atoms with van der Waals surface area (Å²) in [7, 11) is 1.60. The van der Waals surface area contributed by atoms with Crippen LogP contribution in [0.5, 0.6) is 5.75 Å². The molecule has 0 radical (unpaired) electrons. The minimum absolute atomic E-state index is 0.0404. The summed E-state index contributed by atoms with van der Waals surface area (Å²) in [4.78, 5) is 20.7. The molecule has 0 aliphatic heterocycles. The standard InChI is InChI=1S/C18H17N3O2S/c1-23-15-6-2-5-14(10-15)20-17(22)7-8-18-21-16(12-24-18)13-4-3-9-19-11-13/h2-6,9-12H,7-8H2,1H3,(H,20,22). The number of nitrogens with one attached hydrogen (secondary N) is 1. The maximum Gasteiger partial charge on any atom is 0.224 e. The van der Waals surface area contributed by atoms with Crippen LogP contribution in [0.25, 0.3) is 11.3 Å². The van der Waals surface area contributed by atoms with Gasteiger partial charge >= 0.3 is 0 Å². The van der Waals surface area contributed by atoms with E-state index in [0.717, 1.165) is 22.0 Å². The molecule has 24 heavy (non-hydrogen) atoms. The Kier molecular flexibility index (Phi) is 5.18. The van der Waals surface area contributed by atoms with E-state index in [9.17, 15) is 4.79 Å². The summed E-state index contributed by atoms with van der Waals surface area (Å²) in [6.45, 7) is 0. The summed E-state index contributed by atoms with van der Waals surface area (Å²) in [5, 5.41) is 5.81. The van der Waals surface area contributed by atoms with Crippen molar-refractivity contribution in [1.29, 1.82) is 0 Å².